The van der Waals surface area contributed by atoms with Crippen molar-refractivity contribution in [3.63, 3.8) is 0 Å². The van der Waals surface area contributed by atoms with Crippen LogP contribution in [0.25, 0.3) is 0 Å². The van der Waals surface area contributed by atoms with Crippen molar-refractivity contribution in [2.75, 3.05) is 13.1 Å². The lowest BCUT2D eigenvalue weighted by Gasteiger charge is -2.43. The second-order valence-electron chi connectivity index (χ2n) is 3.38. The molecule has 0 saturated carbocycles. The van der Waals surface area contributed by atoms with E-state index in [9.17, 15) is 35.6 Å². The summed E-state index contributed by atoms with van der Waals surface area (Å²) in [6, 6.07) is 0. The third-order valence-electron chi connectivity index (χ3n) is 2.15. The van der Waals surface area contributed by atoms with Crippen molar-refractivity contribution in [2.45, 2.75) is 18.3 Å². The van der Waals surface area contributed by atoms with E-state index in [2.05, 4.69) is 14.5 Å². The van der Waals surface area contributed by atoms with Crippen LogP contribution >= 0.6 is 0 Å². The van der Waals surface area contributed by atoms with Crippen molar-refractivity contribution in [3.8, 4) is 0 Å². The van der Waals surface area contributed by atoms with Crippen LogP contribution in [-0.2, 0) is 14.5 Å². The molecular weight excluding hydrogens is 276 g/mol. The van der Waals surface area contributed by atoms with Gasteiger partial charge in [0.1, 0.15) is 12.2 Å². The molecule has 14 heteroatoms. The van der Waals surface area contributed by atoms with Crippen molar-refractivity contribution in [2.24, 2.45) is 0 Å². The maximum Gasteiger partial charge on any atom is 0.294 e. The van der Waals surface area contributed by atoms with Crippen LogP contribution in [0.2, 0.25) is 0 Å². The highest BCUT2D eigenvalue weighted by Crippen LogP contribution is 2.20. The third-order valence-corrected chi connectivity index (χ3v) is 2.15. The molecule has 0 aromatic heterocycles. The minimum absolute atomic E-state index is 0.183. The van der Waals surface area contributed by atoms with E-state index in [4.69, 9.17) is 0 Å². The summed E-state index contributed by atoms with van der Waals surface area (Å²) >= 11 is 0. The molecule has 14 nitrogen and oxygen atoms in total. The number of piperidine rings is 1. The van der Waals surface area contributed by atoms with Crippen molar-refractivity contribution >= 4 is 0 Å². The molecule has 0 spiro atoms. The van der Waals surface area contributed by atoms with Gasteiger partial charge in [0.15, 0.2) is 6.10 Å². The van der Waals surface area contributed by atoms with Crippen LogP contribution in [0.5, 0.6) is 0 Å². The number of rotatable bonds is 6. The minimum Gasteiger partial charge on any atom is -0.785 e. The predicted molar refractivity (Wildman–Crippen MR) is 50.5 cm³/mol. The van der Waals surface area contributed by atoms with E-state index >= 15 is 0 Å². The zero-order chi connectivity index (χ0) is 14.6. The first-order chi connectivity index (χ1) is 8.79. The Morgan fingerprint density at radius 1 is 0.842 bits per heavy atom. The highest BCUT2D eigenvalue weighted by atomic mass is 17.0. The molecule has 2 unspecified atom stereocenters. The molecule has 1 heterocycles. The molecule has 19 heavy (non-hydrogen) atoms. The van der Waals surface area contributed by atoms with Crippen molar-refractivity contribution in [3.05, 3.63) is 35.6 Å². The highest BCUT2D eigenvalue weighted by molar-refractivity contribution is 4.88. The van der Waals surface area contributed by atoms with Crippen LogP contribution < -0.4 is 0 Å². The molecule has 0 radical (unpaired) electrons. The molecule has 1 fully saturated rings. The van der Waals surface area contributed by atoms with Gasteiger partial charge in [-0.15, -0.1) is 30.3 Å². The molecule has 1 aliphatic heterocycles. The molecule has 0 amide bonds. The second kappa shape index (κ2) is 5.91. The van der Waals surface area contributed by atoms with Crippen LogP contribution in [0.3, 0.4) is 0 Å². The fourth-order valence-corrected chi connectivity index (χ4v) is 1.57. The average molecular weight is 283 g/mol. The molecule has 0 N–H and O–H groups in total. The normalized spacial score (nSPS) is 27.3. The Bertz CT molecular complexity index is 349. The topological polar surface area (TPSA) is 183 Å². The van der Waals surface area contributed by atoms with E-state index in [1.54, 1.807) is 0 Å². The fraction of sp³-hybridized carbons (Fsp3) is 1.00. The lowest BCUT2D eigenvalue weighted by atomic mass is 10.0. The Morgan fingerprint density at radius 3 is 1.53 bits per heavy atom. The summed E-state index contributed by atoms with van der Waals surface area (Å²) in [6.45, 7) is -1.26. The van der Waals surface area contributed by atoms with E-state index in [0.29, 0.717) is 0 Å². The zero-order valence-electron chi connectivity index (χ0n) is 9.02. The number of hydroxylamine groups is 2. The highest BCUT2D eigenvalue weighted by Gasteiger charge is 2.41. The summed E-state index contributed by atoms with van der Waals surface area (Å²) in [5, 5.41) is 38.1. The van der Waals surface area contributed by atoms with Gasteiger partial charge in [0.05, 0.1) is 0 Å². The van der Waals surface area contributed by atoms with Gasteiger partial charge in [0.25, 0.3) is 15.3 Å². The Morgan fingerprint density at radius 2 is 1.21 bits per heavy atom. The van der Waals surface area contributed by atoms with Gasteiger partial charge in [0.2, 0.25) is 0 Å². The predicted octanol–water partition coefficient (Wildman–Crippen LogP) is -1.47. The molecule has 0 bridgehead atoms. The van der Waals surface area contributed by atoms with Gasteiger partial charge in [-0.3, -0.25) is 0 Å². The lowest BCUT2D eigenvalue weighted by Crippen LogP contribution is -2.58. The van der Waals surface area contributed by atoms with Crippen molar-refractivity contribution < 1.29 is 29.8 Å². The maximum atomic E-state index is 11.2. The van der Waals surface area contributed by atoms with Gasteiger partial charge in [-0.25, -0.2) is 0 Å². The Balaban J connectivity index is 2.87. The summed E-state index contributed by atoms with van der Waals surface area (Å²) in [5.41, 5.74) is 0. The molecule has 108 valence electrons. The molecule has 1 aliphatic rings. The number of hydrogen-bond donors (Lipinski definition) is 0. The number of hydrogen-bond acceptors (Lipinski definition) is 11. The third kappa shape index (κ3) is 4.36. The van der Waals surface area contributed by atoms with Crippen LogP contribution in [0.15, 0.2) is 0 Å². The van der Waals surface area contributed by atoms with Gasteiger partial charge in [-0.1, -0.05) is 0 Å². The first-order valence-corrected chi connectivity index (χ1v) is 4.65. The fourth-order valence-electron chi connectivity index (χ4n) is 1.57. The van der Waals surface area contributed by atoms with Gasteiger partial charge in [-0.05, 0) is 0 Å². The Hall–Kier alpha value is -2.48. The summed E-state index contributed by atoms with van der Waals surface area (Å²) in [4.78, 5) is 42.8. The molecule has 2 atom stereocenters. The van der Waals surface area contributed by atoms with Crippen LogP contribution in [0, 0.1) is 35.6 Å². The minimum atomic E-state index is -1.77. The molecule has 0 aliphatic carbocycles. The first kappa shape index (κ1) is 14.6. The lowest BCUT2D eigenvalue weighted by molar-refractivity contribution is -0.818. The van der Waals surface area contributed by atoms with Crippen LogP contribution in [0.4, 0.5) is 0 Å². The monoisotopic (exact) mass is 283 g/mol. The maximum absolute atomic E-state index is 11.2. The zero-order valence-corrected chi connectivity index (χ0v) is 9.02. The van der Waals surface area contributed by atoms with E-state index in [1.165, 1.54) is 0 Å². The summed E-state index contributed by atoms with van der Waals surface area (Å²) < 4.78 is 0. The van der Waals surface area contributed by atoms with E-state index in [0.717, 1.165) is 0 Å². The number of nitrogens with zero attached hydrogens (tertiary/aromatic N) is 4. The first-order valence-electron chi connectivity index (χ1n) is 4.65. The largest absolute Gasteiger partial charge is 0.785 e. The van der Waals surface area contributed by atoms with E-state index < -0.39 is 46.7 Å². The van der Waals surface area contributed by atoms with E-state index in [1.807, 2.05) is 0 Å². The smallest absolute Gasteiger partial charge is 0.294 e. The Kier molecular flexibility index (Phi) is 4.54. The van der Waals surface area contributed by atoms with Crippen LogP contribution in [0.1, 0.15) is 0 Å². The summed E-state index contributed by atoms with van der Waals surface area (Å²) in [6.07, 6.45) is -5.14. The molecule has 1 rings (SSSR count). The molecule has 0 aromatic rings. The standard InChI is InChI=1S/C5H7N4O10/c10-6-1-3(17-7(11)12)5(19-9(15)16)4(2-6)18-8(13)14/h3-5H,1-2H2/q-1. The average Bonchev–Trinajstić information content (AvgIpc) is 2.20. The molecule has 1 saturated heterocycles. The van der Waals surface area contributed by atoms with Gasteiger partial charge >= 0.3 is 0 Å². The molecular formula is C5H7N4O10-. The Labute approximate surface area is 103 Å². The van der Waals surface area contributed by atoms with Crippen molar-refractivity contribution in [1.82, 2.24) is 5.06 Å². The van der Waals surface area contributed by atoms with Crippen molar-refractivity contribution in [1.29, 1.82) is 0 Å². The van der Waals surface area contributed by atoms with Crippen LogP contribution in [-0.4, -0.2) is 51.7 Å². The molecule has 0 aromatic carbocycles. The van der Waals surface area contributed by atoms with E-state index in [-0.39, 0.29) is 5.06 Å². The second-order valence-corrected chi connectivity index (χ2v) is 3.38. The van der Waals surface area contributed by atoms with Gasteiger partial charge in [-0.2, -0.15) is 0 Å². The SMILES string of the molecule is O=[N+]([O-])OC1CN([O-])CC(O[N+](=O)[O-])C1O[N+](=O)[O-]. The van der Waals surface area contributed by atoms with Gasteiger partial charge in [0, 0.05) is 13.1 Å². The summed E-state index contributed by atoms with van der Waals surface area (Å²) in [5.74, 6) is 0. The quantitative estimate of drug-likeness (QED) is 0.409. The van der Waals surface area contributed by atoms with Gasteiger partial charge < -0.3 is 24.8 Å². The summed E-state index contributed by atoms with van der Waals surface area (Å²) in [7, 11) is 0.